The van der Waals surface area contributed by atoms with Gasteiger partial charge in [0.1, 0.15) is 10.8 Å². The van der Waals surface area contributed by atoms with Crippen molar-refractivity contribution in [3.8, 4) is 27.6 Å². The number of thiazole rings is 1. The Morgan fingerprint density at radius 1 is 0.938 bits per heavy atom. The second-order valence-corrected chi connectivity index (χ2v) is 8.34. The smallest absolute Gasteiger partial charge is 0.223 e. The molecule has 0 aliphatic rings. The minimum absolute atomic E-state index is 0.0267. The maximum Gasteiger partial charge on any atom is 0.223 e. The van der Waals surface area contributed by atoms with Crippen LogP contribution in [0.3, 0.4) is 0 Å². The van der Waals surface area contributed by atoms with Gasteiger partial charge in [0, 0.05) is 23.1 Å². The molecule has 0 aliphatic carbocycles. The number of aromatic nitrogens is 1. The molecule has 32 heavy (non-hydrogen) atoms. The van der Waals surface area contributed by atoms with Gasteiger partial charge in [-0.1, -0.05) is 67.6 Å². The third kappa shape index (κ3) is 5.83. The van der Waals surface area contributed by atoms with Crippen molar-refractivity contribution >= 4 is 17.2 Å². The standard InChI is InChI=1S/C27H26N2O2S/c1-2-20-11-13-24(14-12-20)31-16-15-26(30)28-18-21-7-6-10-23(17-21)27-29-25(19-32-27)22-8-4-3-5-9-22/h3-14,17,19H,2,15-16,18H2,1H3,(H,28,30). The van der Waals surface area contributed by atoms with Crippen molar-refractivity contribution in [1.29, 1.82) is 0 Å². The zero-order valence-corrected chi connectivity index (χ0v) is 18.9. The first-order valence-corrected chi connectivity index (χ1v) is 11.7. The topological polar surface area (TPSA) is 51.2 Å². The number of carbonyl (C=O) groups is 1. The number of aryl methyl sites for hydroxylation is 1. The number of hydrogen-bond donors (Lipinski definition) is 1. The van der Waals surface area contributed by atoms with Gasteiger partial charge in [0.15, 0.2) is 0 Å². The van der Waals surface area contributed by atoms with Crippen molar-refractivity contribution in [1.82, 2.24) is 10.3 Å². The maximum atomic E-state index is 12.2. The van der Waals surface area contributed by atoms with Crippen LogP contribution in [0.1, 0.15) is 24.5 Å². The number of rotatable bonds is 9. The number of nitrogens with zero attached hydrogens (tertiary/aromatic N) is 1. The van der Waals surface area contributed by atoms with Crippen LogP contribution in [0.25, 0.3) is 21.8 Å². The molecule has 5 heteroatoms. The van der Waals surface area contributed by atoms with E-state index in [1.54, 1.807) is 11.3 Å². The summed E-state index contributed by atoms with van der Waals surface area (Å²) in [5.74, 6) is 0.766. The number of amides is 1. The van der Waals surface area contributed by atoms with Crippen LogP contribution >= 0.6 is 11.3 Å². The minimum Gasteiger partial charge on any atom is -0.493 e. The highest BCUT2D eigenvalue weighted by molar-refractivity contribution is 7.13. The van der Waals surface area contributed by atoms with E-state index in [4.69, 9.17) is 9.72 Å². The molecule has 0 saturated carbocycles. The van der Waals surface area contributed by atoms with Crippen LogP contribution in [0.5, 0.6) is 5.75 Å². The van der Waals surface area contributed by atoms with E-state index >= 15 is 0 Å². The van der Waals surface area contributed by atoms with E-state index in [1.165, 1.54) is 5.56 Å². The fourth-order valence-electron chi connectivity index (χ4n) is 3.33. The second kappa shape index (κ2) is 10.7. The molecule has 1 N–H and O–H groups in total. The zero-order chi connectivity index (χ0) is 22.2. The molecular formula is C27H26N2O2S. The van der Waals surface area contributed by atoms with E-state index in [9.17, 15) is 4.79 Å². The second-order valence-electron chi connectivity index (χ2n) is 7.48. The molecule has 0 bridgehead atoms. The minimum atomic E-state index is -0.0267. The van der Waals surface area contributed by atoms with Crippen LogP contribution < -0.4 is 10.1 Å². The lowest BCUT2D eigenvalue weighted by Gasteiger charge is -2.08. The zero-order valence-electron chi connectivity index (χ0n) is 18.1. The summed E-state index contributed by atoms with van der Waals surface area (Å²) in [7, 11) is 0. The van der Waals surface area contributed by atoms with Crippen LogP contribution in [0.4, 0.5) is 0 Å². The Bertz CT molecular complexity index is 1150. The molecule has 4 rings (SSSR count). The molecular weight excluding hydrogens is 416 g/mol. The van der Waals surface area contributed by atoms with Crippen LogP contribution in [0.15, 0.2) is 84.2 Å². The summed E-state index contributed by atoms with van der Waals surface area (Å²) in [6.45, 7) is 2.96. The molecule has 1 amide bonds. The lowest BCUT2D eigenvalue weighted by atomic mass is 10.1. The van der Waals surface area contributed by atoms with Crippen molar-refractivity contribution in [2.75, 3.05) is 6.61 Å². The summed E-state index contributed by atoms with van der Waals surface area (Å²) < 4.78 is 5.68. The van der Waals surface area contributed by atoms with Crippen molar-refractivity contribution in [3.05, 3.63) is 95.4 Å². The van der Waals surface area contributed by atoms with Gasteiger partial charge in [0.05, 0.1) is 18.7 Å². The molecule has 0 radical (unpaired) electrons. The largest absolute Gasteiger partial charge is 0.493 e. The van der Waals surface area contributed by atoms with Gasteiger partial charge in [-0.25, -0.2) is 4.98 Å². The van der Waals surface area contributed by atoms with Crippen molar-refractivity contribution in [2.24, 2.45) is 0 Å². The molecule has 0 atom stereocenters. The monoisotopic (exact) mass is 442 g/mol. The predicted molar refractivity (Wildman–Crippen MR) is 131 cm³/mol. The number of benzene rings is 3. The normalized spacial score (nSPS) is 10.7. The van der Waals surface area contributed by atoms with Gasteiger partial charge < -0.3 is 10.1 Å². The quantitative estimate of drug-likeness (QED) is 0.339. The van der Waals surface area contributed by atoms with E-state index in [0.29, 0.717) is 19.6 Å². The van der Waals surface area contributed by atoms with Gasteiger partial charge in [-0.15, -0.1) is 11.3 Å². The molecule has 0 aliphatic heterocycles. The molecule has 162 valence electrons. The first-order valence-electron chi connectivity index (χ1n) is 10.8. The Labute approximate surface area is 192 Å². The van der Waals surface area contributed by atoms with Crippen LogP contribution in [0, 0.1) is 0 Å². The maximum absolute atomic E-state index is 12.2. The number of hydrogen-bond acceptors (Lipinski definition) is 4. The summed E-state index contributed by atoms with van der Waals surface area (Å²) >= 11 is 1.63. The molecule has 0 unspecified atom stereocenters. The Morgan fingerprint density at radius 3 is 2.50 bits per heavy atom. The number of nitrogens with one attached hydrogen (secondary N) is 1. The highest BCUT2D eigenvalue weighted by Crippen LogP contribution is 2.29. The van der Waals surface area contributed by atoms with Gasteiger partial charge in [-0.2, -0.15) is 0 Å². The first kappa shape index (κ1) is 21.8. The summed E-state index contributed by atoms with van der Waals surface area (Å²) in [6, 6.07) is 26.3. The summed E-state index contributed by atoms with van der Waals surface area (Å²) in [5, 5.41) is 6.03. The lowest BCUT2D eigenvalue weighted by molar-refractivity contribution is -0.121. The number of carbonyl (C=O) groups excluding carboxylic acids is 1. The van der Waals surface area contributed by atoms with Gasteiger partial charge in [0.2, 0.25) is 5.91 Å². The number of ether oxygens (including phenoxy) is 1. The molecule has 0 fully saturated rings. The summed E-state index contributed by atoms with van der Waals surface area (Å²) in [4.78, 5) is 17.0. The highest BCUT2D eigenvalue weighted by Gasteiger charge is 2.08. The van der Waals surface area contributed by atoms with Gasteiger partial charge in [0.25, 0.3) is 0 Å². The summed E-state index contributed by atoms with van der Waals surface area (Å²) in [5.41, 5.74) is 5.47. The molecule has 1 heterocycles. The van der Waals surface area contributed by atoms with Crippen molar-refractivity contribution in [3.63, 3.8) is 0 Å². The van der Waals surface area contributed by atoms with Crippen molar-refractivity contribution in [2.45, 2.75) is 26.3 Å². The Hall–Kier alpha value is -3.44. The Balaban J connectivity index is 1.28. The van der Waals surface area contributed by atoms with E-state index in [1.807, 2.05) is 54.6 Å². The van der Waals surface area contributed by atoms with Crippen LogP contribution in [-0.2, 0) is 17.8 Å². The fraction of sp³-hybridized carbons (Fsp3) is 0.185. The highest BCUT2D eigenvalue weighted by atomic mass is 32.1. The molecule has 4 aromatic rings. The molecule has 0 saturated heterocycles. The van der Waals surface area contributed by atoms with Gasteiger partial charge in [-0.3, -0.25) is 4.79 Å². The van der Waals surface area contributed by atoms with Crippen LogP contribution in [-0.4, -0.2) is 17.5 Å². The van der Waals surface area contributed by atoms with E-state index in [2.05, 4.69) is 41.9 Å². The van der Waals surface area contributed by atoms with Gasteiger partial charge >= 0.3 is 0 Å². The molecule has 1 aromatic heterocycles. The first-order chi connectivity index (χ1) is 15.7. The molecule has 4 nitrogen and oxygen atoms in total. The van der Waals surface area contributed by atoms with Crippen LogP contribution in [0.2, 0.25) is 0 Å². The molecule has 0 spiro atoms. The SMILES string of the molecule is CCc1ccc(OCCC(=O)NCc2cccc(-c3nc(-c4ccccc4)cs3)c2)cc1. The average Bonchev–Trinajstić information content (AvgIpc) is 3.34. The third-order valence-electron chi connectivity index (χ3n) is 5.17. The fourth-order valence-corrected chi connectivity index (χ4v) is 4.16. The van der Waals surface area contributed by atoms with Gasteiger partial charge in [-0.05, 0) is 35.7 Å². The Kier molecular flexibility index (Phi) is 7.31. The van der Waals surface area contributed by atoms with E-state index < -0.39 is 0 Å². The average molecular weight is 443 g/mol. The lowest BCUT2D eigenvalue weighted by Crippen LogP contribution is -2.24. The van der Waals surface area contributed by atoms with E-state index in [-0.39, 0.29) is 5.91 Å². The van der Waals surface area contributed by atoms with Crippen molar-refractivity contribution < 1.29 is 9.53 Å². The predicted octanol–water partition coefficient (Wildman–Crippen LogP) is 6.12. The van der Waals surface area contributed by atoms with E-state index in [0.717, 1.165) is 39.6 Å². The Morgan fingerprint density at radius 2 is 1.72 bits per heavy atom. The summed E-state index contributed by atoms with van der Waals surface area (Å²) in [6.07, 6.45) is 1.32. The third-order valence-corrected chi connectivity index (χ3v) is 6.06. The molecule has 3 aromatic carbocycles.